The van der Waals surface area contributed by atoms with E-state index in [0.717, 1.165) is 55.6 Å². The Balaban J connectivity index is 0.000000103. The van der Waals surface area contributed by atoms with Crippen LogP contribution in [0.15, 0.2) is 313 Å². The van der Waals surface area contributed by atoms with Crippen LogP contribution in [-0.2, 0) is 194 Å². The van der Waals surface area contributed by atoms with E-state index in [9.17, 15) is 14.8 Å². The Bertz CT molecular complexity index is 5160. The number of rotatable bonds is 31. The van der Waals surface area contributed by atoms with Crippen molar-refractivity contribution in [2.75, 3.05) is 0 Å². The summed E-state index contributed by atoms with van der Waals surface area (Å²) in [6.07, 6.45) is -8.33. The van der Waals surface area contributed by atoms with E-state index in [0.29, 0.717) is 71.8 Å². The number of carbonyl (C=O) groups excluding carboxylic acids is 2. The molecule has 5 saturated carbocycles. The zero-order chi connectivity index (χ0) is 93.2. The van der Waals surface area contributed by atoms with Crippen molar-refractivity contribution in [1.29, 1.82) is 0 Å². The average Bonchev–Trinajstić information content (AvgIpc) is 0.720. The lowest BCUT2D eigenvalue weighted by atomic mass is 9.81. The molecule has 0 spiro atoms. The van der Waals surface area contributed by atoms with Crippen LogP contribution in [0.1, 0.15) is 55.6 Å². The predicted molar refractivity (Wildman–Crippen MR) is 484 cm³/mol. The zero-order valence-electron chi connectivity index (χ0n) is 75.0. The standard InChI is InChI=1S/C22H21NO6.C21H21NO6.2C21H23NO5.C21H20O6/c24-13-23-16-17-19(25-11-14-7-3-1-4-8-14)21-20(18(16)28-22(27-17)29-21)26-12-15-9-5-2-6-10-15;23-22-15-16-18(24-11-13-7-3-1-4-8-13)20-19(17(15)27-21(26-16)28-20)25-12-14-9-5-2-6-10-14;3*22-15-16-18(23-11-13-7-3-1-4-8-13)20-19(17(15)26-21(25-16)27-20)24-12-14-9-5-2-6-10-14/h1-10,16-22H,11-12H2;1-10,16-21,23H,11-12H2;2*1-10,15-21H,11-12,22H2;1-10,16-21H,11-12H2. The summed E-state index contributed by atoms with van der Waals surface area (Å²) in [6, 6.07) is 98.0. The first-order valence-electron chi connectivity index (χ1n) is 46.8. The van der Waals surface area contributed by atoms with Gasteiger partial charge in [-0.1, -0.05) is 308 Å². The van der Waals surface area contributed by atoms with Crippen LogP contribution in [0.2, 0.25) is 0 Å². The van der Waals surface area contributed by atoms with Crippen molar-refractivity contribution >= 4 is 17.6 Å². The van der Waals surface area contributed by atoms with E-state index in [4.69, 9.17) is 130 Å². The molecule has 138 heavy (non-hydrogen) atoms. The molecule has 0 radical (unpaired) electrons. The number of carbonyl (C=O) groups is 1. The fourth-order valence-corrected chi connectivity index (χ4v) is 20.1. The highest BCUT2D eigenvalue weighted by Crippen LogP contribution is 2.49. The van der Waals surface area contributed by atoms with Crippen LogP contribution in [0.25, 0.3) is 0 Å². The maximum atomic E-state index is 12.8. The Labute approximate surface area is 796 Å². The van der Waals surface area contributed by atoms with Gasteiger partial charge in [0, 0.05) is 0 Å². The van der Waals surface area contributed by atoms with E-state index in [1.165, 1.54) is 0 Å². The van der Waals surface area contributed by atoms with E-state index in [-0.39, 0.29) is 91.1 Å². The van der Waals surface area contributed by atoms with Crippen LogP contribution < -0.4 is 11.5 Å². The molecule has 5 aliphatic carbocycles. The third kappa shape index (κ3) is 21.0. The van der Waals surface area contributed by atoms with Gasteiger partial charge in [0.1, 0.15) is 152 Å². The van der Waals surface area contributed by atoms with Crippen LogP contribution in [-0.4, -0.2) is 226 Å². The molecule has 0 amide bonds. The molecular formula is C106H108N4O28. The summed E-state index contributed by atoms with van der Waals surface area (Å²) in [5.74, 6) is -0.137. The van der Waals surface area contributed by atoms with Gasteiger partial charge in [-0.3, -0.25) is 4.79 Å². The highest BCUT2D eigenvalue weighted by Gasteiger charge is 2.68. The molecule has 720 valence electrons. The molecule has 32 heteroatoms. The molecular weight excluding hydrogens is 1780 g/mol. The summed E-state index contributed by atoms with van der Waals surface area (Å²) in [7, 11) is 0. The van der Waals surface area contributed by atoms with E-state index in [1.807, 2.05) is 303 Å². The average molecular weight is 1890 g/mol. The third-order valence-corrected chi connectivity index (χ3v) is 26.9. The van der Waals surface area contributed by atoms with Crippen LogP contribution in [0.5, 0.6) is 0 Å². The molecule has 10 aromatic carbocycles. The number of hydrogen-bond donors (Lipinski definition) is 3. The van der Waals surface area contributed by atoms with Crippen molar-refractivity contribution in [3.8, 4) is 0 Å². The summed E-state index contributed by atoms with van der Waals surface area (Å²) in [6.45, 7) is 0.441. The number of ether oxygens (including phenoxy) is 25. The SMILES string of the molecule is NC1C2OC3OC1C(OCc1ccccc1)C(O3)C2OCc1ccccc1.NC1C2OC3OC1C(OCc1ccccc1)C(O3)C2OCc1ccccc1.O=C1C2OC3OC1C(OCc1ccccc1)C(O3)C2OCc1ccccc1.O=C=NC1C2OC3OC1C(OCc1ccccc1)C(O3)C2OCc1ccccc1.ON=C1C2OC3OC1C(OCc1ccccc1)C(O3)C2OCc1ccccc1. The molecule has 10 aromatic rings. The number of aliphatic imine (C=N–C) groups is 1. The monoisotopic (exact) mass is 1880 g/mol. The van der Waals surface area contributed by atoms with Crippen molar-refractivity contribution < 1.29 is 133 Å². The summed E-state index contributed by atoms with van der Waals surface area (Å²) in [4.78, 5) is 27.8. The Kier molecular flexibility index (Phi) is 30.1. The third-order valence-electron chi connectivity index (χ3n) is 26.9. The lowest BCUT2D eigenvalue weighted by Crippen LogP contribution is -2.77. The Morgan fingerprint density at radius 3 is 0.609 bits per heavy atom. The van der Waals surface area contributed by atoms with Crippen LogP contribution in [0, 0.1) is 0 Å². The van der Waals surface area contributed by atoms with Gasteiger partial charge in [0.15, 0.2) is 18.0 Å². The van der Waals surface area contributed by atoms with Gasteiger partial charge in [-0.05, 0) is 55.6 Å². The normalized spacial score (nSPS) is 35.1. The van der Waals surface area contributed by atoms with Gasteiger partial charge in [-0.15, -0.1) is 0 Å². The maximum absolute atomic E-state index is 12.8. The molecule has 30 rings (SSSR count). The van der Waals surface area contributed by atoms with Crippen molar-refractivity contribution in [3.05, 3.63) is 359 Å². The largest absolute Gasteiger partial charge is 0.411 e. The molecule has 20 atom stereocenters. The molecule has 5 N–H and O–H groups in total. The molecule has 20 aliphatic rings. The smallest absolute Gasteiger partial charge is 0.273 e. The van der Waals surface area contributed by atoms with E-state index in [1.54, 1.807) is 6.08 Å². The Morgan fingerprint density at radius 1 is 0.232 bits per heavy atom. The number of benzene rings is 10. The number of nitrogens with two attached hydrogens (primary N) is 2. The summed E-state index contributed by atoms with van der Waals surface area (Å²) in [5, 5.41) is 13.0. The minimum atomic E-state index is -0.823. The first-order chi connectivity index (χ1) is 68.0. The van der Waals surface area contributed by atoms with Gasteiger partial charge in [0.05, 0.1) is 78.2 Å². The summed E-state index contributed by atoms with van der Waals surface area (Å²) in [5.41, 5.74) is 23.8. The minimum Gasteiger partial charge on any atom is -0.411 e. The quantitative estimate of drug-likeness (QED) is 0.0157. The maximum Gasteiger partial charge on any atom is 0.273 e. The van der Waals surface area contributed by atoms with Crippen LogP contribution in [0.3, 0.4) is 0 Å². The van der Waals surface area contributed by atoms with Crippen molar-refractivity contribution in [1.82, 2.24) is 0 Å². The fraction of sp³-hybridized carbons (Fsp3) is 0.406. The van der Waals surface area contributed by atoms with Gasteiger partial charge in [0.25, 0.3) is 32.4 Å². The molecule has 15 aliphatic heterocycles. The lowest BCUT2D eigenvalue weighted by molar-refractivity contribution is -0.473. The molecule has 20 bridgehead atoms. The first kappa shape index (κ1) is 93.9. The van der Waals surface area contributed by atoms with Crippen LogP contribution in [0.4, 0.5) is 0 Å². The van der Waals surface area contributed by atoms with Crippen LogP contribution >= 0.6 is 0 Å². The molecule has 15 heterocycles. The molecule has 0 aromatic heterocycles. The van der Waals surface area contributed by atoms with Gasteiger partial charge < -0.3 is 135 Å². The Hall–Kier alpha value is -10.4. The van der Waals surface area contributed by atoms with Gasteiger partial charge in [-0.2, -0.15) is 4.99 Å². The van der Waals surface area contributed by atoms with Gasteiger partial charge in [-0.25, -0.2) is 4.79 Å². The van der Waals surface area contributed by atoms with Gasteiger partial charge in [0.2, 0.25) is 6.08 Å². The molecule has 32 nitrogen and oxygen atoms in total. The highest BCUT2D eigenvalue weighted by atomic mass is 16.9. The highest BCUT2D eigenvalue weighted by molar-refractivity contribution is 5.95. The van der Waals surface area contributed by atoms with E-state index in [2.05, 4.69) is 10.1 Å². The van der Waals surface area contributed by atoms with Crippen molar-refractivity contribution in [2.24, 2.45) is 21.6 Å². The summed E-state index contributed by atoms with van der Waals surface area (Å²) < 4.78 is 148. The predicted octanol–water partition coefficient (Wildman–Crippen LogP) is 10.9. The molecule has 20 unspecified atom stereocenters. The minimum absolute atomic E-state index is 0.137. The zero-order valence-corrected chi connectivity index (χ0v) is 75.0. The first-order valence-corrected chi connectivity index (χ1v) is 46.8. The number of isocyanates is 1. The second-order valence-corrected chi connectivity index (χ2v) is 35.7. The topological polar surface area (TPSA) is 362 Å². The molecule has 20 fully saturated rings. The summed E-state index contributed by atoms with van der Waals surface area (Å²) >= 11 is 0. The van der Waals surface area contributed by atoms with Crippen molar-refractivity contribution in [2.45, 2.75) is 269 Å². The number of Topliss-reactive ketones (excluding diaryl/α,β-unsaturated/α-hetero) is 1. The fourth-order valence-electron chi connectivity index (χ4n) is 20.1. The second-order valence-electron chi connectivity index (χ2n) is 35.7. The number of hydrogen-bond acceptors (Lipinski definition) is 32. The molecule has 15 saturated heterocycles. The lowest BCUT2D eigenvalue weighted by Gasteiger charge is -2.58. The van der Waals surface area contributed by atoms with E-state index >= 15 is 0 Å². The number of oxime groups is 1. The number of nitrogens with zero attached hydrogens (tertiary/aromatic N) is 2. The van der Waals surface area contributed by atoms with Crippen molar-refractivity contribution in [3.63, 3.8) is 0 Å². The van der Waals surface area contributed by atoms with E-state index < -0.39 is 118 Å². The Morgan fingerprint density at radius 2 is 0.399 bits per heavy atom. The number of ketones is 1. The second kappa shape index (κ2) is 44.2. The van der Waals surface area contributed by atoms with Gasteiger partial charge >= 0.3 is 0 Å².